The Hall–Kier alpha value is -2.83. The summed E-state index contributed by atoms with van der Waals surface area (Å²) in [7, 11) is 0. The molecule has 0 radical (unpaired) electrons. The van der Waals surface area contributed by atoms with E-state index in [0.717, 1.165) is 10.6 Å². The monoisotopic (exact) mass is 354 g/mol. The highest BCUT2D eigenvalue weighted by atomic mass is 35.5. The third kappa shape index (κ3) is 3.29. The molecule has 4 rings (SSSR count). The van der Waals surface area contributed by atoms with Gasteiger partial charge in [0.2, 0.25) is 0 Å². The molecule has 0 heterocycles. The Morgan fingerprint density at radius 2 is 1.42 bits per heavy atom. The zero-order chi connectivity index (χ0) is 17.9. The molecule has 0 aromatic heterocycles. The van der Waals surface area contributed by atoms with Crippen LogP contribution in [0, 0.1) is 6.92 Å². The molecule has 1 heteroatoms. The summed E-state index contributed by atoms with van der Waals surface area (Å²) in [5.74, 6) is 0. The quantitative estimate of drug-likeness (QED) is 0.331. The van der Waals surface area contributed by atoms with Gasteiger partial charge in [-0.05, 0) is 57.6 Å². The van der Waals surface area contributed by atoms with Crippen molar-refractivity contribution in [2.75, 3.05) is 0 Å². The number of hydrogen-bond acceptors (Lipinski definition) is 0. The molecule has 0 nitrogen and oxygen atoms in total. The van der Waals surface area contributed by atoms with Gasteiger partial charge < -0.3 is 0 Å². The maximum absolute atomic E-state index is 6.14. The number of hydrogen-bond donors (Lipinski definition) is 0. The highest BCUT2D eigenvalue weighted by Crippen LogP contribution is 2.34. The summed E-state index contributed by atoms with van der Waals surface area (Å²) >= 11 is 6.14. The molecule has 0 saturated carbocycles. The van der Waals surface area contributed by atoms with Gasteiger partial charge in [-0.25, -0.2) is 0 Å². The first-order chi connectivity index (χ1) is 12.7. The Morgan fingerprint density at radius 1 is 0.692 bits per heavy atom. The SMILES string of the molecule is Cc1cc(-c2ccccc2)c(/C=C/c2cccc(Cl)c2)c2ccccc12. The Morgan fingerprint density at radius 3 is 2.19 bits per heavy atom. The van der Waals surface area contributed by atoms with Gasteiger partial charge in [0, 0.05) is 5.02 Å². The van der Waals surface area contributed by atoms with Crippen molar-refractivity contribution < 1.29 is 0 Å². The van der Waals surface area contributed by atoms with Gasteiger partial charge in [-0.3, -0.25) is 0 Å². The summed E-state index contributed by atoms with van der Waals surface area (Å²) in [5.41, 5.74) is 6.10. The highest BCUT2D eigenvalue weighted by molar-refractivity contribution is 6.30. The summed E-state index contributed by atoms with van der Waals surface area (Å²) in [6.45, 7) is 2.18. The molecule has 4 aromatic carbocycles. The van der Waals surface area contributed by atoms with Crippen molar-refractivity contribution in [1.82, 2.24) is 0 Å². The molecule has 0 aliphatic rings. The molecule has 0 aliphatic carbocycles. The molecule has 0 amide bonds. The van der Waals surface area contributed by atoms with Gasteiger partial charge in [-0.15, -0.1) is 0 Å². The van der Waals surface area contributed by atoms with E-state index in [9.17, 15) is 0 Å². The van der Waals surface area contributed by atoms with Crippen molar-refractivity contribution in [2.24, 2.45) is 0 Å². The smallest absolute Gasteiger partial charge is 0.0411 e. The maximum Gasteiger partial charge on any atom is 0.0411 e. The minimum Gasteiger partial charge on any atom is -0.0843 e. The predicted molar refractivity (Wildman–Crippen MR) is 115 cm³/mol. The van der Waals surface area contributed by atoms with Crippen LogP contribution >= 0.6 is 11.6 Å². The fourth-order valence-corrected chi connectivity index (χ4v) is 3.60. The molecule has 0 aliphatic heterocycles. The fraction of sp³-hybridized carbons (Fsp3) is 0.0400. The fourth-order valence-electron chi connectivity index (χ4n) is 3.40. The predicted octanol–water partition coefficient (Wildman–Crippen LogP) is 7.64. The second-order valence-electron chi connectivity index (χ2n) is 6.45. The van der Waals surface area contributed by atoms with E-state index in [1.54, 1.807) is 0 Å². The summed E-state index contributed by atoms with van der Waals surface area (Å²) in [5, 5.41) is 3.31. The normalized spacial score (nSPS) is 11.3. The molecular weight excluding hydrogens is 336 g/mol. The van der Waals surface area contributed by atoms with Crippen LogP contribution in [0.3, 0.4) is 0 Å². The number of fused-ring (bicyclic) bond motifs is 1. The minimum absolute atomic E-state index is 0.754. The number of benzene rings is 4. The Bertz CT molecular complexity index is 1090. The maximum atomic E-state index is 6.14. The van der Waals surface area contributed by atoms with Crippen LogP contribution in [0.1, 0.15) is 16.7 Å². The molecule has 0 fully saturated rings. The van der Waals surface area contributed by atoms with Gasteiger partial charge in [0.1, 0.15) is 0 Å². The van der Waals surface area contributed by atoms with E-state index in [1.807, 2.05) is 18.2 Å². The topological polar surface area (TPSA) is 0 Å². The van der Waals surface area contributed by atoms with Gasteiger partial charge in [0.15, 0.2) is 0 Å². The molecule has 4 aromatic rings. The lowest BCUT2D eigenvalue weighted by Crippen LogP contribution is -1.89. The van der Waals surface area contributed by atoms with Gasteiger partial charge in [0.25, 0.3) is 0 Å². The Balaban J connectivity index is 1.95. The van der Waals surface area contributed by atoms with Crippen molar-refractivity contribution in [1.29, 1.82) is 0 Å². The van der Waals surface area contributed by atoms with Crippen molar-refractivity contribution in [3.63, 3.8) is 0 Å². The molecule has 0 unspecified atom stereocenters. The van der Waals surface area contributed by atoms with Gasteiger partial charge in [-0.1, -0.05) is 96.5 Å². The third-order valence-corrected chi connectivity index (χ3v) is 4.90. The van der Waals surface area contributed by atoms with Crippen LogP contribution in [0.15, 0.2) is 84.9 Å². The van der Waals surface area contributed by atoms with Crippen LogP contribution in [0.25, 0.3) is 34.1 Å². The molecule has 126 valence electrons. The average Bonchev–Trinajstić information content (AvgIpc) is 2.68. The average molecular weight is 355 g/mol. The summed E-state index contributed by atoms with van der Waals surface area (Å²) in [6.07, 6.45) is 4.34. The third-order valence-electron chi connectivity index (χ3n) is 4.67. The van der Waals surface area contributed by atoms with Gasteiger partial charge in [0.05, 0.1) is 0 Å². The Labute approximate surface area is 159 Å². The van der Waals surface area contributed by atoms with E-state index in [4.69, 9.17) is 11.6 Å². The van der Waals surface area contributed by atoms with E-state index in [1.165, 1.54) is 33.0 Å². The van der Waals surface area contributed by atoms with Crippen LogP contribution < -0.4 is 0 Å². The second-order valence-corrected chi connectivity index (χ2v) is 6.89. The van der Waals surface area contributed by atoms with E-state index < -0.39 is 0 Å². The lowest BCUT2D eigenvalue weighted by Gasteiger charge is -2.13. The van der Waals surface area contributed by atoms with Crippen molar-refractivity contribution in [3.05, 3.63) is 107 Å². The van der Waals surface area contributed by atoms with Crippen molar-refractivity contribution >= 4 is 34.5 Å². The largest absolute Gasteiger partial charge is 0.0843 e. The van der Waals surface area contributed by atoms with Crippen LogP contribution in [-0.2, 0) is 0 Å². The lowest BCUT2D eigenvalue weighted by atomic mass is 9.91. The molecule has 0 atom stereocenters. The summed E-state index contributed by atoms with van der Waals surface area (Å²) < 4.78 is 0. The highest BCUT2D eigenvalue weighted by Gasteiger charge is 2.09. The standard InChI is InChI=1S/C25H19Cl/c1-18-16-25(20-9-3-2-4-10-20)24(23-13-6-5-12-22(18)23)15-14-19-8-7-11-21(26)17-19/h2-17H,1H3/b15-14+. The number of rotatable bonds is 3. The second kappa shape index (κ2) is 7.19. The van der Waals surface area contributed by atoms with Crippen LogP contribution in [0.2, 0.25) is 5.02 Å². The molecule has 26 heavy (non-hydrogen) atoms. The van der Waals surface area contributed by atoms with E-state index in [-0.39, 0.29) is 0 Å². The van der Waals surface area contributed by atoms with Crippen LogP contribution in [0.4, 0.5) is 0 Å². The molecular formula is C25H19Cl. The van der Waals surface area contributed by atoms with Crippen molar-refractivity contribution in [3.8, 4) is 11.1 Å². The van der Waals surface area contributed by atoms with Crippen LogP contribution in [0.5, 0.6) is 0 Å². The van der Waals surface area contributed by atoms with Crippen LogP contribution in [-0.4, -0.2) is 0 Å². The molecule has 0 spiro atoms. The lowest BCUT2D eigenvalue weighted by molar-refractivity contribution is 1.51. The van der Waals surface area contributed by atoms with Gasteiger partial charge in [-0.2, -0.15) is 0 Å². The van der Waals surface area contributed by atoms with E-state index in [2.05, 4.69) is 85.8 Å². The molecule has 0 bridgehead atoms. The first-order valence-electron chi connectivity index (χ1n) is 8.74. The first kappa shape index (κ1) is 16.6. The van der Waals surface area contributed by atoms with E-state index >= 15 is 0 Å². The summed E-state index contributed by atoms with van der Waals surface area (Å²) in [6, 6.07) is 29.4. The number of halogens is 1. The molecule has 0 N–H and O–H groups in total. The molecule has 0 saturated heterocycles. The van der Waals surface area contributed by atoms with Gasteiger partial charge >= 0.3 is 0 Å². The first-order valence-corrected chi connectivity index (χ1v) is 9.11. The zero-order valence-corrected chi connectivity index (χ0v) is 15.4. The Kier molecular flexibility index (Phi) is 4.60. The summed E-state index contributed by atoms with van der Waals surface area (Å²) in [4.78, 5) is 0. The zero-order valence-electron chi connectivity index (χ0n) is 14.6. The number of aryl methyl sites for hydroxylation is 1. The van der Waals surface area contributed by atoms with E-state index in [0.29, 0.717) is 0 Å². The van der Waals surface area contributed by atoms with Crippen molar-refractivity contribution in [2.45, 2.75) is 6.92 Å². The minimum atomic E-state index is 0.754.